The Hall–Kier alpha value is -2.50. The molecule has 0 amide bonds. The number of nitrogens with one attached hydrogen (secondary N) is 1. The third kappa shape index (κ3) is 2.39. The largest absolute Gasteiger partial charge is 0.340 e. The number of sulfonamides is 1. The maximum atomic E-state index is 12.4. The summed E-state index contributed by atoms with van der Waals surface area (Å²) in [7, 11) is -3.14. The molecule has 8 heteroatoms. The van der Waals surface area contributed by atoms with E-state index in [9.17, 15) is 8.42 Å². The molecule has 1 saturated carbocycles. The molecule has 3 heterocycles. The zero-order valence-corrected chi connectivity index (χ0v) is 14.8. The lowest BCUT2D eigenvalue weighted by atomic mass is 10.1. The van der Waals surface area contributed by atoms with Crippen molar-refractivity contribution in [2.75, 3.05) is 13.1 Å². The van der Waals surface area contributed by atoms with Crippen molar-refractivity contribution in [2.24, 2.45) is 0 Å². The standard InChI is InChI=1S/C18H17N5O2S/c19-8-11-1-4-15-14(7-11)17-16(9-20-15)21-18(22-17)12-5-6-23(10-12)26(24,25)13-2-3-13/h1,4,7,9,12-13H,2-3,5-6,10H2,(H,21,22)/t12-/m0/s1. The van der Waals surface area contributed by atoms with E-state index in [2.05, 4.69) is 16.0 Å². The fourth-order valence-electron chi connectivity index (χ4n) is 3.70. The van der Waals surface area contributed by atoms with Crippen LogP contribution in [0, 0.1) is 11.3 Å². The number of aromatic amines is 1. The predicted octanol–water partition coefficient (Wildman–Crippen LogP) is 2.26. The summed E-state index contributed by atoms with van der Waals surface area (Å²) in [6.07, 6.45) is 4.08. The smallest absolute Gasteiger partial charge is 0.217 e. The average molecular weight is 367 g/mol. The molecule has 2 aromatic heterocycles. The molecule has 0 bridgehead atoms. The van der Waals surface area contributed by atoms with Gasteiger partial charge in [0, 0.05) is 24.4 Å². The number of nitrogens with zero attached hydrogens (tertiary/aromatic N) is 4. The summed E-state index contributed by atoms with van der Waals surface area (Å²) in [6, 6.07) is 7.51. The van der Waals surface area contributed by atoms with Crippen molar-refractivity contribution in [3.05, 3.63) is 35.8 Å². The lowest BCUT2D eigenvalue weighted by Crippen LogP contribution is -2.31. The van der Waals surface area contributed by atoms with Crippen molar-refractivity contribution in [2.45, 2.75) is 30.4 Å². The lowest BCUT2D eigenvalue weighted by Gasteiger charge is -2.15. The van der Waals surface area contributed by atoms with E-state index < -0.39 is 10.0 Å². The summed E-state index contributed by atoms with van der Waals surface area (Å²) in [5.74, 6) is 0.857. The highest BCUT2D eigenvalue weighted by atomic mass is 32.2. The first-order chi connectivity index (χ1) is 12.6. The van der Waals surface area contributed by atoms with E-state index in [4.69, 9.17) is 10.2 Å². The number of rotatable bonds is 3. The minimum atomic E-state index is -3.14. The maximum Gasteiger partial charge on any atom is 0.217 e. The monoisotopic (exact) mass is 367 g/mol. The van der Waals surface area contributed by atoms with E-state index in [1.807, 2.05) is 6.07 Å². The lowest BCUT2D eigenvalue weighted by molar-refractivity contribution is 0.470. The number of aromatic nitrogens is 3. The Morgan fingerprint density at radius 3 is 2.88 bits per heavy atom. The number of nitriles is 1. The van der Waals surface area contributed by atoms with E-state index in [-0.39, 0.29) is 11.2 Å². The number of H-pyrrole nitrogens is 1. The van der Waals surface area contributed by atoms with Crippen LogP contribution in [0.25, 0.3) is 21.9 Å². The second-order valence-electron chi connectivity index (χ2n) is 7.07. The van der Waals surface area contributed by atoms with E-state index in [1.165, 1.54) is 0 Å². The molecule has 1 aliphatic carbocycles. The van der Waals surface area contributed by atoms with Crippen LogP contribution in [0.1, 0.15) is 36.6 Å². The molecule has 1 saturated heterocycles. The van der Waals surface area contributed by atoms with E-state index in [1.54, 1.807) is 22.6 Å². The molecular formula is C18H17N5O2S. The summed E-state index contributed by atoms with van der Waals surface area (Å²) < 4.78 is 26.5. The Morgan fingerprint density at radius 2 is 2.12 bits per heavy atom. The third-order valence-electron chi connectivity index (χ3n) is 5.31. The minimum Gasteiger partial charge on any atom is -0.340 e. The van der Waals surface area contributed by atoms with Crippen molar-refractivity contribution in [3.63, 3.8) is 0 Å². The van der Waals surface area contributed by atoms with Gasteiger partial charge in [0.1, 0.15) is 5.82 Å². The number of hydrogen-bond donors (Lipinski definition) is 1. The predicted molar refractivity (Wildman–Crippen MR) is 97.0 cm³/mol. The summed E-state index contributed by atoms with van der Waals surface area (Å²) >= 11 is 0. The van der Waals surface area contributed by atoms with Gasteiger partial charge in [-0.1, -0.05) is 0 Å². The summed E-state index contributed by atoms with van der Waals surface area (Å²) in [6.45, 7) is 1.03. The molecule has 2 fully saturated rings. The van der Waals surface area contributed by atoms with Gasteiger partial charge in [-0.3, -0.25) is 4.98 Å². The van der Waals surface area contributed by atoms with Crippen LogP contribution in [0.4, 0.5) is 0 Å². The van der Waals surface area contributed by atoms with Crippen LogP contribution < -0.4 is 0 Å². The Morgan fingerprint density at radius 1 is 1.27 bits per heavy atom. The highest BCUT2D eigenvalue weighted by molar-refractivity contribution is 7.90. The molecule has 1 aliphatic heterocycles. The Balaban J connectivity index is 1.52. The fraction of sp³-hybridized carbons (Fsp3) is 0.389. The molecule has 0 spiro atoms. The van der Waals surface area contributed by atoms with Gasteiger partial charge in [0.05, 0.1) is 39.6 Å². The van der Waals surface area contributed by atoms with Crippen molar-refractivity contribution in [1.29, 1.82) is 5.26 Å². The van der Waals surface area contributed by atoms with Gasteiger partial charge in [0.15, 0.2) is 0 Å². The molecule has 1 atom stereocenters. The van der Waals surface area contributed by atoms with Gasteiger partial charge < -0.3 is 4.98 Å². The fourth-order valence-corrected chi connectivity index (χ4v) is 5.60. The molecular weight excluding hydrogens is 350 g/mol. The molecule has 0 radical (unpaired) electrons. The van der Waals surface area contributed by atoms with E-state index in [0.717, 1.165) is 47.0 Å². The first-order valence-corrected chi connectivity index (χ1v) is 10.2. The molecule has 0 unspecified atom stereocenters. The Labute approximate surface area is 150 Å². The summed E-state index contributed by atoms with van der Waals surface area (Å²) in [4.78, 5) is 12.5. The molecule has 2 aliphatic rings. The topological polar surface area (TPSA) is 103 Å². The second kappa shape index (κ2) is 5.50. The highest BCUT2D eigenvalue weighted by Gasteiger charge is 2.43. The maximum absolute atomic E-state index is 12.4. The van der Waals surface area contributed by atoms with Gasteiger partial charge in [0.25, 0.3) is 0 Å². The van der Waals surface area contributed by atoms with Crippen LogP contribution >= 0.6 is 0 Å². The molecule has 132 valence electrons. The van der Waals surface area contributed by atoms with Crippen LogP contribution in [0.3, 0.4) is 0 Å². The number of fused-ring (bicyclic) bond motifs is 3. The first kappa shape index (κ1) is 15.7. The molecule has 1 N–H and O–H groups in total. The molecule has 3 aromatic rings. The van der Waals surface area contributed by atoms with Gasteiger partial charge >= 0.3 is 0 Å². The van der Waals surface area contributed by atoms with Crippen molar-refractivity contribution in [1.82, 2.24) is 19.3 Å². The Kier molecular flexibility index (Phi) is 3.33. The summed E-state index contributed by atoms with van der Waals surface area (Å²) in [5.41, 5.74) is 2.95. The van der Waals surface area contributed by atoms with Gasteiger partial charge in [-0.2, -0.15) is 5.26 Å². The van der Waals surface area contributed by atoms with Crippen LogP contribution in [0.2, 0.25) is 0 Å². The molecule has 1 aromatic carbocycles. The van der Waals surface area contributed by atoms with E-state index in [0.29, 0.717) is 18.7 Å². The first-order valence-electron chi connectivity index (χ1n) is 8.74. The molecule has 26 heavy (non-hydrogen) atoms. The Bertz CT molecular complexity index is 1170. The van der Waals surface area contributed by atoms with Crippen molar-refractivity contribution >= 4 is 32.0 Å². The van der Waals surface area contributed by atoms with Crippen LogP contribution in [-0.4, -0.2) is 46.0 Å². The normalized spacial score (nSPS) is 21.4. The van der Waals surface area contributed by atoms with Gasteiger partial charge in [-0.05, 0) is 37.5 Å². The molecule has 5 rings (SSSR count). The minimum absolute atomic E-state index is 0.0603. The zero-order valence-electron chi connectivity index (χ0n) is 14.0. The SMILES string of the molecule is N#Cc1ccc2ncc3[nH]c([C@H]4CCN(S(=O)(=O)C5CC5)C4)nc3c2c1. The number of imidazole rings is 1. The van der Waals surface area contributed by atoms with E-state index >= 15 is 0 Å². The number of hydrogen-bond acceptors (Lipinski definition) is 5. The number of benzene rings is 1. The van der Waals surface area contributed by atoms with Crippen LogP contribution in [0.15, 0.2) is 24.4 Å². The van der Waals surface area contributed by atoms with Gasteiger partial charge in [0.2, 0.25) is 10.0 Å². The third-order valence-corrected chi connectivity index (χ3v) is 7.67. The quantitative estimate of drug-likeness (QED) is 0.765. The van der Waals surface area contributed by atoms with Crippen molar-refractivity contribution < 1.29 is 8.42 Å². The van der Waals surface area contributed by atoms with Gasteiger partial charge in [-0.25, -0.2) is 17.7 Å². The highest BCUT2D eigenvalue weighted by Crippen LogP contribution is 2.36. The average Bonchev–Trinajstić information content (AvgIpc) is 3.23. The molecule has 7 nitrogen and oxygen atoms in total. The second-order valence-corrected chi connectivity index (χ2v) is 9.29. The van der Waals surface area contributed by atoms with Crippen molar-refractivity contribution in [3.8, 4) is 6.07 Å². The van der Waals surface area contributed by atoms with Gasteiger partial charge in [-0.15, -0.1) is 0 Å². The van der Waals surface area contributed by atoms with Crippen LogP contribution in [-0.2, 0) is 10.0 Å². The summed E-state index contributed by atoms with van der Waals surface area (Å²) in [5, 5.41) is 9.81. The number of pyridine rings is 1. The van der Waals surface area contributed by atoms with Crippen LogP contribution in [0.5, 0.6) is 0 Å². The zero-order chi connectivity index (χ0) is 17.9.